The van der Waals surface area contributed by atoms with Gasteiger partial charge in [-0.1, -0.05) is 12.1 Å². The summed E-state index contributed by atoms with van der Waals surface area (Å²) in [5, 5.41) is 34.2. The Morgan fingerprint density at radius 3 is 2.03 bits per heavy atom. The number of carboxylic acids is 2. The van der Waals surface area contributed by atoms with Crippen molar-refractivity contribution in [3.8, 4) is 5.75 Å². The molecule has 3 amide bonds. The Morgan fingerprint density at radius 1 is 0.935 bits per heavy atom. The van der Waals surface area contributed by atoms with E-state index in [2.05, 4.69) is 16.0 Å². The number of carbonyl (C=O) groups excluding carboxylic acids is 3. The quantitative estimate of drug-likeness (QED) is 0.198. The van der Waals surface area contributed by atoms with Crippen molar-refractivity contribution in [3.63, 3.8) is 0 Å². The van der Waals surface area contributed by atoms with Crippen molar-refractivity contribution >= 4 is 29.7 Å². The van der Waals surface area contributed by atoms with E-state index in [0.717, 1.165) is 0 Å². The maximum absolute atomic E-state index is 12.8. The smallest absolute Gasteiger partial charge is 0.325 e. The van der Waals surface area contributed by atoms with Gasteiger partial charge in [-0.05, 0) is 31.0 Å². The molecule has 0 aliphatic rings. The standard InChI is InChI=1S/C19H26N4O8/c1-10(19(30)31)21-17(28)13(6-7-16(26)27)23-18(29)14(22-15(25)9-20)8-11-2-4-12(24)5-3-11/h2-5,10,13-14,24H,6-9,20H2,1H3,(H,21,28)(H,22,25)(H,23,29)(H,26,27)(H,30,31). The second-order valence-electron chi connectivity index (χ2n) is 6.76. The molecule has 3 unspecified atom stereocenters. The highest BCUT2D eigenvalue weighted by atomic mass is 16.4. The molecule has 0 bridgehead atoms. The first-order valence-corrected chi connectivity index (χ1v) is 9.36. The maximum Gasteiger partial charge on any atom is 0.325 e. The van der Waals surface area contributed by atoms with Crippen LogP contribution in [0.4, 0.5) is 0 Å². The highest BCUT2D eigenvalue weighted by molar-refractivity contribution is 5.93. The van der Waals surface area contributed by atoms with Crippen LogP contribution in [0.3, 0.4) is 0 Å². The van der Waals surface area contributed by atoms with Gasteiger partial charge in [0.1, 0.15) is 23.9 Å². The number of nitrogens with one attached hydrogen (secondary N) is 3. The Bertz CT molecular complexity index is 812. The van der Waals surface area contributed by atoms with Crippen LogP contribution in [0, 0.1) is 0 Å². The molecule has 31 heavy (non-hydrogen) atoms. The third-order valence-electron chi connectivity index (χ3n) is 4.22. The first kappa shape index (κ1) is 25.4. The number of phenols is 1. The van der Waals surface area contributed by atoms with Crippen molar-refractivity contribution in [1.82, 2.24) is 16.0 Å². The number of nitrogens with two attached hydrogens (primary N) is 1. The number of amides is 3. The first-order chi connectivity index (χ1) is 14.5. The van der Waals surface area contributed by atoms with E-state index in [9.17, 15) is 29.1 Å². The Kier molecular flexibility index (Phi) is 9.92. The molecule has 0 aliphatic carbocycles. The number of carboxylic acid groups (broad SMARTS) is 2. The van der Waals surface area contributed by atoms with E-state index in [1.54, 1.807) is 0 Å². The summed E-state index contributed by atoms with van der Waals surface area (Å²) in [6.45, 7) is 0.823. The number of rotatable bonds is 12. The molecule has 8 N–H and O–H groups in total. The highest BCUT2D eigenvalue weighted by Gasteiger charge is 2.28. The molecule has 1 aromatic rings. The average Bonchev–Trinajstić information content (AvgIpc) is 2.71. The molecule has 0 aromatic heterocycles. The van der Waals surface area contributed by atoms with Crippen molar-refractivity contribution < 1.29 is 39.3 Å². The largest absolute Gasteiger partial charge is 0.508 e. The van der Waals surface area contributed by atoms with Crippen molar-refractivity contribution in [1.29, 1.82) is 0 Å². The van der Waals surface area contributed by atoms with Gasteiger partial charge in [-0.3, -0.25) is 24.0 Å². The Hall–Kier alpha value is -3.67. The molecule has 1 rings (SSSR count). The molecule has 12 nitrogen and oxygen atoms in total. The molecule has 0 radical (unpaired) electrons. The predicted molar refractivity (Wildman–Crippen MR) is 107 cm³/mol. The SMILES string of the molecule is CC(NC(=O)C(CCC(=O)O)NC(=O)C(Cc1ccc(O)cc1)NC(=O)CN)C(=O)O. The molecule has 0 saturated carbocycles. The molecule has 170 valence electrons. The molecule has 0 heterocycles. The van der Waals surface area contributed by atoms with E-state index in [-0.39, 0.29) is 18.6 Å². The van der Waals surface area contributed by atoms with Gasteiger partial charge in [0.25, 0.3) is 0 Å². The van der Waals surface area contributed by atoms with E-state index < -0.39 is 60.8 Å². The van der Waals surface area contributed by atoms with Gasteiger partial charge in [0.2, 0.25) is 17.7 Å². The number of hydrogen-bond donors (Lipinski definition) is 7. The fourth-order valence-corrected chi connectivity index (χ4v) is 2.51. The van der Waals surface area contributed by atoms with Gasteiger partial charge in [0.05, 0.1) is 6.54 Å². The van der Waals surface area contributed by atoms with Gasteiger partial charge in [-0.25, -0.2) is 0 Å². The summed E-state index contributed by atoms with van der Waals surface area (Å²) in [7, 11) is 0. The Labute approximate surface area is 177 Å². The fourth-order valence-electron chi connectivity index (χ4n) is 2.51. The van der Waals surface area contributed by atoms with Crippen LogP contribution in [0.25, 0.3) is 0 Å². The van der Waals surface area contributed by atoms with Gasteiger partial charge in [-0.15, -0.1) is 0 Å². The third kappa shape index (κ3) is 9.12. The molecule has 12 heteroatoms. The zero-order valence-electron chi connectivity index (χ0n) is 16.8. The van der Waals surface area contributed by atoms with Crippen LogP contribution in [0.2, 0.25) is 0 Å². The Balaban J connectivity index is 3.00. The van der Waals surface area contributed by atoms with Gasteiger partial charge in [-0.2, -0.15) is 0 Å². The van der Waals surface area contributed by atoms with Crippen LogP contribution < -0.4 is 21.7 Å². The molecule has 0 aliphatic heterocycles. The summed E-state index contributed by atoms with van der Waals surface area (Å²) in [5.74, 6) is -4.81. The van der Waals surface area contributed by atoms with Gasteiger partial charge < -0.3 is 37.0 Å². The molecular weight excluding hydrogens is 412 g/mol. The summed E-state index contributed by atoms with van der Waals surface area (Å²) in [6.07, 6.45) is -0.760. The van der Waals surface area contributed by atoms with E-state index >= 15 is 0 Å². The van der Waals surface area contributed by atoms with E-state index in [1.807, 2.05) is 0 Å². The van der Waals surface area contributed by atoms with Crippen LogP contribution in [-0.2, 0) is 30.4 Å². The van der Waals surface area contributed by atoms with E-state index in [1.165, 1.54) is 31.2 Å². The second kappa shape index (κ2) is 12.1. The number of aromatic hydroxyl groups is 1. The molecule has 0 spiro atoms. The number of carbonyl (C=O) groups is 5. The molecule has 0 saturated heterocycles. The van der Waals surface area contributed by atoms with Gasteiger partial charge in [0.15, 0.2) is 0 Å². The lowest BCUT2D eigenvalue weighted by atomic mass is 10.0. The molecular formula is C19H26N4O8. The van der Waals surface area contributed by atoms with Gasteiger partial charge in [0, 0.05) is 12.8 Å². The second-order valence-corrected chi connectivity index (χ2v) is 6.76. The van der Waals surface area contributed by atoms with Crippen LogP contribution in [0.1, 0.15) is 25.3 Å². The maximum atomic E-state index is 12.8. The van der Waals surface area contributed by atoms with E-state index in [4.69, 9.17) is 15.9 Å². The fraction of sp³-hybridized carbons (Fsp3) is 0.421. The molecule has 3 atom stereocenters. The summed E-state index contributed by atoms with van der Waals surface area (Å²) in [4.78, 5) is 58.8. The van der Waals surface area contributed by atoms with Crippen LogP contribution in [-0.4, -0.2) is 69.7 Å². The van der Waals surface area contributed by atoms with Crippen LogP contribution >= 0.6 is 0 Å². The minimum atomic E-state index is -1.34. The minimum Gasteiger partial charge on any atom is -0.508 e. The summed E-state index contributed by atoms with van der Waals surface area (Å²) in [5.41, 5.74) is 5.87. The lowest BCUT2D eigenvalue weighted by Crippen LogP contribution is -2.56. The number of phenolic OH excluding ortho intramolecular Hbond substituents is 1. The van der Waals surface area contributed by atoms with Crippen LogP contribution in [0.15, 0.2) is 24.3 Å². The van der Waals surface area contributed by atoms with E-state index in [0.29, 0.717) is 5.56 Å². The van der Waals surface area contributed by atoms with Crippen LogP contribution in [0.5, 0.6) is 5.75 Å². The minimum absolute atomic E-state index is 0.00332. The zero-order valence-corrected chi connectivity index (χ0v) is 16.8. The first-order valence-electron chi connectivity index (χ1n) is 9.36. The predicted octanol–water partition coefficient (Wildman–Crippen LogP) is -1.68. The van der Waals surface area contributed by atoms with Crippen molar-refractivity contribution in [2.24, 2.45) is 5.73 Å². The molecule has 0 fully saturated rings. The van der Waals surface area contributed by atoms with Crippen molar-refractivity contribution in [2.45, 2.75) is 44.3 Å². The summed E-state index contributed by atoms with van der Waals surface area (Å²) in [6, 6.07) is 2.10. The van der Waals surface area contributed by atoms with Crippen molar-refractivity contribution in [2.75, 3.05) is 6.54 Å². The topological polar surface area (TPSA) is 208 Å². The number of hydrogen-bond acceptors (Lipinski definition) is 7. The lowest BCUT2D eigenvalue weighted by molar-refractivity contribution is -0.142. The third-order valence-corrected chi connectivity index (χ3v) is 4.22. The Morgan fingerprint density at radius 2 is 1.52 bits per heavy atom. The van der Waals surface area contributed by atoms with Crippen molar-refractivity contribution in [3.05, 3.63) is 29.8 Å². The van der Waals surface area contributed by atoms with Gasteiger partial charge >= 0.3 is 11.9 Å². The molecule has 1 aromatic carbocycles. The normalized spacial score (nSPS) is 13.4. The highest BCUT2D eigenvalue weighted by Crippen LogP contribution is 2.12. The average molecular weight is 438 g/mol. The lowest BCUT2D eigenvalue weighted by Gasteiger charge is -2.23. The zero-order chi connectivity index (χ0) is 23.6. The monoisotopic (exact) mass is 438 g/mol. The summed E-state index contributed by atoms with van der Waals surface area (Å²) >= 11 is 0. The number of aliphatic carboxylic acids is 2. The summed E-state index contributed by atoms with van der Waals surface area (Å²) < 4.78 is 0. The number of benzene rings is 1.